The van der Waals surface area contributed by atoms with Crippen molar-refractivity contribution in [2.45, 2.75) is 149 Å². The number of hydrogen-bond donors (Lipinski definition) is 4. The van der Waals surface area contributed by atoms with Gasteiger partial charge in [-0.2, -0.15) is 0 Å². The van der Waals surface area contributed by atoms with Crippen molar-refractivity contribution in [2.24, 2.45) is 9.98 Å². The summed E-state index contributed by atoms with van der Waals surface area (Å²) in [5.41, 5.74) is 6.26. The van der Waals surface area contributed by atoms with Crippen molar-refractivity contribution in [3.63, 3.8) is 0 Å². The molecule has 3 rings (SSSR count). The molecule has 0 spiro atoms. The molecule has 1 fully saturated rings. The molecule has 1 saturated carbocycles. The number of aromatic hydroxyl groups is 2. The Bertz CT molecular complexity index is 1560. The molecule has 2 aromatic rings. The molecule has 0 radical (unpaired) electrons. The Morgan fingerprint density at radius 1 is 0.667 bits per heavy atom. The summed E-state index contributed by atoms with van der Waals surface area (Å²) in [7, 11) is -1.61. The van der Waals surface area contributed by atoms with E-state index in [9.17, 15) is 10.2 Å². The molecule has 342 valence electrons. The molecular formula is C49H86CrN2O6P2+2. The molecule has 60 heavy (non-hydrogen) atoms. The minimum absolute atomic E-state index is 0. The SMILES string of the molecule is C.CCCCC(CCCC)c1cc(C)c(O)c(C=NC2CCCCC2N=Cc2cc(C(CCC[P+](C)(C)C)CCC[P+](C)(C)C)cc(C)c2O)c1.O=C(O)C(=O)O.[CH3+].[CH3-].[Cr]. The van der Waals surface area contributed by atoms with Crippen molar-refractivity contribution in [1.82, 2.24) is 0 Å². The zero-order valence-corrected chi connectivity index (χ0v) is 42.0. The van der Waals surface area contributed by atoms with E-state index in [2.05, 4.69) is 78.1 Å². The first-order chi connectivity index (χ1) is 26.3. The second-order valence-electron chi connectivity index (χ2n) is 18.1. The molecule has 0 aliphatic heterocycles. The Kier molecular flexibility index (Phi) is 31.6. The fraction of sp³-hybridized carbons (Fsp3) is 0.633. The van der Waals surface area contributed by atoms with E-state index in [1.54, 1.807) is 0 Å². The van der Waals surface area contributed by atoms with Gasteiger partial charge in [0.15, 0.2) is 0 Å². The van der Waals surface area contributed by atoms with Gasteiger partial charge in [-0.25, -0.2) is 9.59 Å². The van der Waals surface area contributed by atoms with Crippen LogP contribution >= 0.6 is 14.5 Å². The monoisotopic (exact) mass is 913 g/mol. The molecule has 0 saturated heterocycles. The van der Waals surface area contributed by atoms with Gasteiger partial charge in [-0.15, -0.1) is 0 Å². The van der Waals surface area contributed by atoms with Crippen LogP contribution in [0.5, 0.6) is 11.5 Å². The first kappa shape index (κ1) is 61.9. The number of aryl methyl sites for hydroxylation is 2. The smallest absolute Gasteiger partial charge is 0.414 e. The zero-order valence-electron chi connectivity index (χ0n) is 38.9. The van der Waals surface area contributed by atoms with E-state index in [4.69, 9.17) is 29.8 Å². The largest absolute Gasteiger partial charge is 0.507 e. The van der Waals surface area contributed by atoms with Crippen LogP contribution in [0, 0.1) is 28.7 Å². The van der Waals surface area contributed by atoms with Crippen molar-refractivity contribution in [2.75, 3.05) is 52.3 Å². The van der Waals surface area contributed by atoms with Gasteiger partial charge < -0.3 is 27.9 Å². The molecule has 0 bridgehead atoms. The maximum absolute atomic E-state index is 11.2. The Balaban J connectivity index is -0.00000302. The number of rotatable bonds is 20. The Labute approximate surface area is 379 Å². The van der Waals surface area contributed by atoms with E-state index in [1.165, 1.54) is 87.7 Å². The van der Waals surface area contributed by atoms with Gasteiger partial charge in [-0.1, -0.05) is 71.9 Å². The van der Waals surface area contributed by atoms with E-state index < -0.39 is 26.5 Å². The molecule has 0 amide bonds. The summed E-state index contributed by atoms with van der Waals surface area (Å²) in [6, 6.07) is 9.00. The number of aliphatic carboxylic acids is 2. The number of phenolic OH excluding ortho intramolecular Hbond substituents is 2. The first-order valence-electron chi connectivity index (χ1n) is 21.1. The standard InChI is InChI=1S/C44H72N2O2P2.C2H2O4.CH4.2CH3.Cr/c1-11-13-19-35(20-14-12-2)37-27-33(3)43(47)39(29-37)31-45-41-23-15-16-24-42(41)46-32-40-30-38(28-34(4)44(40)48)36(21-17-25-49(5,6)7)22-18-26-50(8,9)10;3-1(4)2(5)6;;;;/h27-32,35-36,41-42H,11-26H2,1-10H3;(H,3,4)(H,5,6);1H4;2*1H3;/q;;;-1;+1;/p+2. The quantitative estimate of drug-likeness (QED) is 0.0451. The third kappa shape index (κ3) is 23.1. The van der Waals surface area contributed by atoms with Crippen molar-refractivity contribution < 1.29 is 47.4 Å². The molecule has 2 unspecified atom stereocenters. The minimum atomic E-state index is -1.82. The van der Waals surface area contributed by atoms with E-state index in [1.807, 2.05) is 26.3 Å². The molecule has 8 nitrogen and oxygen atoms in total. The van der Waals surface area contributed by atoms with E-state index >= 15 is 0 Å². The van der Waals surface area contributed by atoms with Crippen molar-refractivity contribution >= 4 is 38.9 Å². The van der Waals surface area contributed by atoms with Crippen molar-refractivity contribution in [3.05, 3.63) is 72.5 Å². The van der Waals surface area contributed by atoms with Crippen LogP contribution in [-0.4, -0.2) is 109 Å². The van der Waals surface area contributed by atoms with Gasteiger partial charge in [0.2, 0.25) is 0 Å². The summed E-state index contributed by atoms with van der Waals surface area (Å²) in [6.07, 6.45) is 23.0. The normalized spacial score (nSPS) is 15.4. The van der Waals surface area contributed by atoms with Crippen LogP contribution in [0.2, 0.25) is 0 Å². The van der Waals surface area contributed by atoms with Gasteiger partial charge >= 0.3 is 11.9 Å². The molecule has 1 aliphatic rings. The van der Waals surface area contributed by atoms with Crippen LogP contribution in [0.3, 0.4) is 0 Å². The second kappa shape index (κ2) is 30.6. The van der Waals surface area contributed by atoms with Crippen molar-refractivity contribution in [3.8, 4) is 11.5 Å². The molecule has 0 aromatic heterocycles. The summed E-state index contributed by atoms with van der Waals surface area (Å²) in [6.45, 7) is 23.3. The number of unbranched alkanes of at least 4 members (excludes halogenated alkanes) is 2. The van der Waals surface area contributed by atoms with Crippen LogP contribution in [0.1, 0.15) is 156 Å². The summed E-state index contributed by atoms with van der Waals surface area (Å²) in [5, 5.41) is 37.1. The number of phenols is 2. The first-order valence-corrected chi connectivity index (χ1v) is 27.7. The molecule has 11 heteroatoms. The summed E-state index contributed by atoms with van der Waals surface area (Å²) >= 11 is 0. The van der Waals surface area contributed by atoms with Gasteiger partial charge in [-0.05, 0) is 111 Å². The van der Waals surface area contributed by atoms with Crippen LogP contribution in [-0.2, 0) is 27.0 Å². The fourth-order valence-corrected chi connectivity index (χ4v) is 9.87. The number of nitrogens with zero attached hydrogens (tertiary/aromatic N) is 2. The van der Waals surface area contributed by atoms with Crippen LogP contribution in [0.4, 0.5) is 0 Å². The van der Waals surface area contributed by atoms with Crippen LogP contribution < -0.4 is 0 Å². The predicted octanol–water partition coefficient (Wildman–Crippen LogP) is 13.2. The summed E-state index contributed by atoms with van der Waals surface area (Å²) in [5.74, 6) is -1.91. The Morgan fingerprint density at radius 3 is 1.27 bits per heavy atom. The average Bonchev–Trinajstić information content (AvgIpc) is 3.11. The molecular weight excluding hydrogens is 826 g/mol. The minimum Gasteiger partial charge on any atom is -0.507 e. The fourth-order valence-electron chi connectivity index (χ4n) is 7.61. The summed E-state index contributed by atoms with van der Waals surface area (Å²) in [4.78, 5) is 28.4. The van der Waals surface area contributed by atoms with Crippen molar-refractivity contribution in [1.29, 1.82) is 0 Å². The molecule has 2 aromatic carbocycles. The van der Waals surface area contributed by atoms with Crippen LogP contribution in [0.15, 0.2) is 34.3 Å². The summed E-state index contributed by atoms with van der Waals surface area (Å²) < 4.78 is 0. The third-order valence-electron chi connectivity index (χ3n) is 10.9. The topological polar surface area (TPSA) is 140 Å². The molecule has 2 atom stereocenters. The number of carboxylic acid groups (broad SMARTS) is 2. The van der Waals surface area contributed by atoms with Gasteiger partial charge in [-0.3, -0.25) is 9.98 Å². The zero-order chi connectivity index (χ0) is 42.1. The van der Waals surface area contributed by atoms with E-state index in [0.29, 0.717) is 23.3 Å². The average molecular weight is 913 g/mol. The number of hydrogen-bond acceptors (Lipinski definition) is 6. The molecule has 0 heterocycles. The maximum Gasteiger partial charge on any atom is 0.414 e. The number of aliphatic imine (C=N–C) groups is 2. The van der Waals surface area contributed by atoms with Gasteiger partial charge in [0.25, 0.3) is 0 Å². The molecule has 4 N–H and O–H groups in total. The van der Waals surface area contributed by atoms with Crippen LogP contribution in [0.25, 0.3) is 0 Å². The number of benzene rings is 2. The van der Waals surface area contributed by atoms with Gasteiger partial charge in [0.05, 0.1) is 24.4 Å². The number of carbonyl (C=O) groups is 2. The molecule has 1 aliphatic carbocycles. The Hall–Kier alpha value is -2.42. The van der Waals surface area contributed by atoms with E-state index in [0.717, 1.165) is 47.9 Å². The maximum atomic E-state index is 11.2. The van der Waals surface area contributed by atoms with Gasteiger partial charge in [0.1, 0.15) is 11.5 Å². The van der Waals surface area contributed by atoms with E-state index in [-0.39, 0.29) is 51.7 Å². The predicted molar refractivity (Wildman–Crippen MR) is 264 cm³/mol. The number of carboxylic acids is 2. The van der Waals surface area contributed by atoms with Gasteiger partial charge in [0, 0.05) is 103 Å². The third-order valence-corrected chi connectivity index (χ3v) is 14.2. The second-order valence-corrected chi connectivity index (χ2v) is 28.2. The Morgan fingerprint density at radius 2 is 0.983 bits per heavy atom.